The second kappa shape index (κ2) is 9.88. The van der Waals surface area contributed by atoms with Gasteiger partial charge in [-0.25, -0.2) is 4.39 Å². The summed E-state index contributed by atoms with van der Waals surface area (Å²) >= 11 is 0. The Morgan fingerprint density at radius 1 is 1.07 bits per heavy atom. The van der Waals surface area contributed by atoms with Crippen LogP contribution in [0.1, 0.15) is 31.9 Å². The van der Waals surface area contributed by atoms with Crippen molar-refractivity contribution in [3.8, 4) is 5.75 Å². The van der Waals surface area contributed by atoms with Crippen LogP contribution < -0.4 is 10.1 Å². The molecule has 0 aliphatic rings. The molecule has 0 radical (unpaired) electrons. The molecule has 0 heterocycles. The minimum absolute atomic E-state index is 0.0222. The van der Waals surface area contributed by atoms with Gasteiger partial charge in [-0.1, -0.05) is 30.3 Å². The summed E-state index contributed by atoms with van der Waals surface area (Å²) in [5.74, 6) is -0.223. The number of hydrogen-bond donors (Lipinski definition) is 1. The number of ether oxygens (including phenoxy) is 1. The summed E-state index contributed by atoms with van der Waals surface area (Å²) in [4.78, 5) is 26.9. The normalized spacial score (nSPS) is 11.8. The van der Waals surface area contributed by atoms with Crippen LogP contribution in [0.4, 0.5) is 4.39 Å². The molecule has 0 aliphatic heterocycles. The topological polar surface area (TPSA) is 58.6 Å². The maximum absolute atomic E-state index is 14.1. The highest BCUT2D eigenvalue weighted by atomic mass is 19.1. The molecule has 0 fully saturated rings. The third-order valence-electron chi connectivity index (χ3n) is 4.41. The van der Waals surface area contributed by atoms with Crippen molar-refractivity contribution < 1.29 is 18.7 Å². The first kappa shape index (κ1) is 21.4. The molecule has 0 saturated heterocycles. The van der Waals surface area contributed by atoms with E-state index in [1.54, 1.807) is 56.5 Å². The molecule has 0 spiro atoms. The van der Waals surface area contributed by atoms with Gasteiger partial charge in [-0.2, -0.15) is 0 Å². The molecule has 0 unspecified atom stereocenters. The van der Waals surface area contributed by atoms with E-state index < -0.39 is 11.9 Å². The van der Waals surface area contributed by atoms with Crippen LogP contribution >= 0.6 is 0 Å². The zero-order valence-electron chi connectivity index (χ0n) is 16.7. The van der Waals surface area contributed by atoms with Gasteiger partial charge in [0.2, 0.25) is 11.8 Å². The molecule has 0 aromatic heterocycles. The molecule has 6 heteroatoms. The largest absolute Gasteiger partial charge is 0.497 e. The van der Waals surface area contributed by atoms with Crippen LogP contribution in [0, 0.1) is 5.82 Å². The SMILES string of the molecule is COc1ccc(CC(=O)N(Cc2ccccc2F)[C@H](C)C(=O)NC(C)C)cc1. The van der Waals surface area contributed by atoms with Crippen molar-refractivity contribution in [1.29, 1.82) is 0 Å². The van der Waals surface area contributed by atoms with Crippen molar-refractivity contribution in [3.63, 3.8) is 0 Å². The molecule has 2 rings (SSSR count). The van der Waals surface area contributed by atoms with Gasteiger partial charge in [0.15, 0.2) is 0 Å². The van der Waals surface area contributed by atoms with E-state index in [-0.39, 0.29) is 30.8 Å². The molecule has 0 saturated carbocycles. The van der Waals surface area contributed by atoms with E-state index in [0.29, 0.717) is 11.3 Å². The van der Waals surface area contributed by atoms with Crippen LogP contribution in [-0.4, -0.2) is 35.9 Å². The van der Waals surface area contributed by atoms with Gasteiger partial charge in [-0.15, -0.1) is 0 Å². The zero-order valence-corrected chi connectivity index (χ0v) is 16.7. The number of benzene rings is 2. The van der Waals surface area contributed by atoms with Gasteiger partial charge in [-0.05, 0) is 44.5 Å². The maximum atomic E-state index is 14.1. The zero-order chi connectivity index (χ0) is 20.7. The van der Waals surface area contributed by atoms with Gasteiger partial charge in [0.1, 0.15) is 17.6 Å². The lowest BCUT2D eigenvalue weighted by Gasteiger charge is -2.29. The average molecular weight is 386 g/mol. The lowest BCUT2D eigenvalue weighted by molar-refractivity contribution is -0.140. The molecular weight excluding hydrogens is 359 g/mol. The fourth-order valence-corrected chi connectivity index (χ4v) is 2.82. The van der Waals surface area contributed by atoms with E-state index >= 15 is 0 Å². The Bertz CT molecular complexity index is 806. The lowest BCUT2D eigenvalue weighted by Crippen LogP contribution is -2.49. The molecule has 5 nitrogen and oxygen atoms in total. The van der Waals surface area contributed by atoms with Crippen LogP contribution in [0.5, 0.6) is 5.75 Å². The molecule has 2 aromatic rings. The smallest absolute Gasteiger partial charge is 0.242 e. The first-order chi connectivity index (χ1) is 13.3. The van der Waals surface area contributed by atoms with Crippen molar-refractivity contribution in [2.24, 2.45) is 0 Å². The van der Waals surface area contributed by atoms with Crippen LogP contribution in [0.15, 0.2) is 48.5 Å². The molecule has 2 amide bonds. The van der Waals surface area contributed by atoms with Gasteiger partial charge in [0, 0.05) is 18.2 Å². The summed E-state index contributed by atoms with van der Waals surface area (Å²) in [6.45, 7) is 5.38. The van der Waals surface area contributed by atoms with E-state index in [4.69, 9.17) is 4.74 Å². The Labute approximate surface area is 165 Å². The second-order valence-corrected chi connectivity index (χ2v) is 6.98. The lowest BCUT2D eigenvalue weighted by atomic mass is 10.1. The molecule has 1 N–H and O–H groups in total. The fraction of sp³-hybridized carbons (Fsp3) is 0.364. The highest BCUT2D eigenvalue weighted by molar-refractivity contribution is 5.88. The molecule has 0 bridgehead atoms. The first-order valence-electron chi connectivity index (χ1n) is 9.28. The van der Waals surface area contributed by atoms with Crippen LogP contribution in [-0.2, 0) is 22.6 Å². The van der Waals surface area contributed by atoms with Gasteiger partial charge in [0.05, 0.1) is 13.5 Å². The van der Waals surface area contributed by atoms with E-state index in [1.807, 2.05) is 13.8 Å². The minimum atomic E-state index is -0.729. The Kier molecular flexibility index (Phi) is 7.55. The summed E-state index contributed by atoms with van der Waals surface area (Å²) in [7, 11) is 1.57. The monoisotopic (exact) mass is 386 g/mol. The third kappa shape index (κ3) is 5.81. The molecule has 150 valence electrons. The number of nitrogens with zero attached hydrogens (tertiary/aromatic N) is 1. The second-order valence-electron chi connectivity index (χ2n) is 6.98. The van der Waals surface area contributed by atoms with E-state index in [9.17, 15) is 14.0 Å². The molecule has 2 aromatic carbocycles. The summed E-state index contributed by atoms with van der Waals surface area (Å²) in [5, 5.41) is 2.81. The predicted molar refractivity (Wildman–Crippen MR) is 106 cm³/mol. The number of hydrogen-bond acceptors (Lipinski definition) is 3. The van der Waals surface area contributed by atoms with Crippen molar-refractivity contribution in [1.82, 2.24) is 10.2 Å². The standard InChI is InChI=1S/C22H27FN2O3/c1-15(2)24-22(27)16(3)25(14-18-7-5-6-8-20(18)23)21(26)13-17-9-11-19(28-4)12-10-17/h5-12,15-16H,13-14H2,1-4H3,(H,24,27)/t16-/m1/s1. The van der Waals surface area contributed by atoms with Gasteiger partial charge < -0.3 is 15.0 Å². The number of methoxy groups -OCH3 is 1. The van der Waals surface area contributed by atoms with Crippen LogP contribution in [0.2, 0.25) is 0 Å². The Balaban J connectivity index is 2.23. The predicted octanol–water partition coefficient (Wildman–Crippen LogP) is 3.32. The number of amides is 2. The van der Waals surface area contributed by atoms with E-state index in [2.05, 4.69) is 5.32 Å². The van der Waals surface area contributed by atoms with Crippen molar-refractivity contribution >= 4 is 11.8 Å². The van der Waals surface area contributed by atoms with Gasteiger partial charge >= 0.3 is 0 Å². The highest BCUT2D eigenvalue weighted by Crippen LogP contribution is 2.17. The number of rotatable bonds is 8. The number of carbonyl (C=O) groups excluding carboxylic acids is 2. The fourth-order valence-electron chi connectivity index (χ4n) is 2.82. The summed E-state index contributed by atoms with van der Waals surface area (Å²) in [6, 6.07) is 12.7. The summed E-state index contributed by atoms with van der Waals surface area (Å²) in [6.07, 6.45) is 0.109. The highest BCUT2D eigenvalue weighted by Gasteiger charge is 2.27. The van der Waals surface area contributed by atoms with Crippen LogP contribution in [0.25, 0.3) is 0 Å². The number of carbonyl (C=O) groups is 2. The quantitative estimate of drug-likeness (QED) is 0.757. The van der Waals surface area contributed by atoms with Crippen molar-refractivity contribution in [2.45, 2.75) is 45.8 Å². The minimum Gasteiger partial charge on any atom is -0.497 e. The average Bonchev–Trinajstić information content (AvgIpc) is 2.66. The van der Waals surface area contributed by atoms with E-state index in [1.165, 1.54) is 11.0 Å². The molecule has 0 aliphatic carbocycles. The first-order valence-corrected chi connectivity index (χ1v) is 9.28. The number of nitrogens with one attached hydrogen (secondary N) is 1. The van der Waals surface area contributed by atoms with Crippen molar-refractivity contribution in [2.75, 3.05) is 7.11 Å². The Morgan fingerprint density at radius 3 is 2.29 bits per heavy atom. The maximum Gasteiger partial charge on any atom is 0.242 e. The van der Waals surface area contributed by atoms with Crippen molar-refractivity contribution in [3.05, 3.63) is 65.5 Å². The Morgan fingerprint density at radius 2 is 1.71 bits per heavy atom. The summed E-state index contributed by atoms with van der Waals surface area (Å²) in [5.41, 5.74) is 1.16. The molecule has 1 atom stereocenters. The van der Waals surface area contributed by atoms with Gasteiger partial charge in [0.25, 0.3) is 0 Å². The number of halogens is 1. The molecule has 28 heavy (non-hydrogen) atoms. The van der Waals surface area contributed by atoms with Gasteiger partial charge in [-0.3, -0.25) is 9.59 Å². The van der Waals surface area contributed by atoms with E-state index in [0.717, 1.165) is 5.56 Å². The Hall–Kier alpha value is -2.89. The summed E-state index contributed by atoms with van der Waals surface area (Å²) < 4.78 is 19.3. The van der Waals surface area contributed by atoms with Crippen LogP contribution in [0.3, 0.4) is 0 Å². The third-order valence-corrected chi connectivity index (χ3v) is 4.41. The molecular formula is C22H27FN2O3.